The molecule has 1 aliphatic heterocycles. The molecule has 0 bridgehead atoms. The van der Waals surface area contributed by atoms with Crippen LogP contribution in [0.15, 0.2) is 66.7 Å². The molecule has 1 heterocycles. The lowest BCUT2D eigenvalue weighted by Gasteiger charge is -2.32. The van der Waals surface area contributed by atoms with Crippen LogP contribution in [0.4, 0.5) is 17.1 Å². The zero-order chi connectivity index (χ0) is 42.1. The highest BCUT2D eigenvalue weighted by atomic mass is 16.6. The average molecular weight is 828 g/mol. The number of fused-ring (bicyclic) bond motifs is 1. The molecule has 1 unspecified atom stereocenters. The normalized spacial score (nSPS) is 14.7. The van der Waals surface area contributed by atoms with Gasteiger partial charge in [-0.05, 0) is 36.4 Å². The maximum Gasteiger partial charge on any atom is 0.340 e. The lowest BCUT2D eigenvalue weighted by molar-refractivity contribution is -0.00591. The number of benzene rings is 3. The van der Waals surface area contributed by atoms with Crippen molar-refractivity contribution in [3.63, 3.8) is 0 Å². The van der Waals surface area contributed by atoms with E-state index in [2.05, 4.69) is 17.0 Å². The summed E-state index contributed by atoms with van der Waals surface area (Å²) in [6.07, 6.45) is 0. The number of aliphatic hydroxyl groups excluding tert-OH is 2. The Balaban J connectivity index is 1.39. The molecule has 59 heavy (non-hydrogen) atoms. The minimum atomic E-state index is -1.13. The van der Waals surface area contributed by atoms with Gasteiger partial charge in [0.1, 0.15) is 0 Å². The first-order valence-corrected chi connectivity index (χ1v) is 20.3. The Kier molecular flexibility index (Phi) is 21.9. The van der Waals surface area contributed by atoms with Crippen molar-refractivity contribution in [1.82, 2.24) is 0 Å². The molecule has 15 nitrogen and oxygen atoms in total. The third-order valence-electron chi connectivity index (χ3n) is 9.51. The van der Waals surface area contributed by atoms with Gasteiger partial charge in [0, 0.05) is 75.0 Å². The maximum atomic E-state index is 13.6. The fourth-order valence-electron chi connectivity index (χ4n) is 6.40. The number of aliphatic hydroxyl groups is 2. The second-order valence-electron chi connectivity index (χ2n) is 14.0. The molecule has 0 radical (unpaired) electrons. The van der Waals surface area contributed by atoms with Crippen molar-refractivity contribution in [3.8, 4) is 0 Å². The van der Waals surface area contributed by atoms with E-state index in [9.17, 15) is 4.79 Å². The molecule has 0 aromatic heterocycles. The predicted molar refractivity (Wildman–Crippen MR) is 226 cm³/mol. The summed E-state index contributed by atoms with van der Waals surface area (Å²) < 4.78 is 50.9. The van der Waals surface area contributed by atoms with Gasteiger partial charge in [-0.3, -0.25) is 0 Å². The summed E-state index contributed by atoms with van der Waals surface area (Å²) in [6, 6.07) is 22.3. The Bertz CT molecular complexity index is 1560. The van der Waals surface area contributed by atoms with E-state index in [0.29, 0.717) is 124 Å². The van der Waals surface area contributed by atoms with Gasteiger partial charge in [0.25, 0.3) is 0 Å². The van der Waals surface area contributed by atoms with Crippen molar-refractivity contribution in [2.75, 3.05) is 175 Å². The zero-order valence-electron chi connectivity index (χ0n) is 35.3. The minimum absolute atomic E-state index is 0.000932. The lowest BCUT2D eigenvalue weighted by Crippen LogP contribution is -2.32. The lowest BCUT2D eigenvalue weighted by atomic mass is 9.79. The van der Waals surface area contributed by atoms with Gasteiger partial charge in [0.2, 0.25) is 0 Å². The molecule has 0 saturated heterocycles. The van der Waals surface area contributed by atoms with E-state index in [0.717, 1.165) is 33.8 Å². The molecule has 0 amide bonds. The van der Waals surface area contributed by atoms with E-state index in [1.807, 2.05) is 92.6 Å². The molecule has 2 N–H and O–H groups in total. The Morgan fingerprint density at radius 1 is 0.475 bits per heavy atom. The molecule has 0 aliphatic carbocycles. The van der Waals surface area contributed by atoms with Gasteiger partial charge in [-0.15, -0.1) is 0 Å². The number of cyclic esters (lactones) is 1. The fourth-order valence-corrected chi connectivity index (χ4v) is 6.40. The first-order valence-electron chi connectivity index (χ1n) is 20.3. The number of carbonyl (C=O) groups is 1. The second kappa shape index (κ2) is 27.1. The zero-order valence-corrected chi connectivity index (χ0v) is 35.3. The van der Waals surface area contributed by atoms with Crippen molar-refractivity contribution in [3.05, 3.63) is 89.0 Å². The maximum absolute atomic E-state index is 13.6. The smallest absolute Gasteiger partial charge is 0.340 e. The number of esters is 1. The van der Waals surface area contributed by atoms with Crippen LogP contribution in [-0.2, 0) is 48.2 Å². The number of anilines is 3. The van der Waals surface area contributed by atoms with Crippen molar-refractivity contribution in [2.24, 2.45) is 0 Å². The Labute approximate surface area is 349 Å². The van der Waals surface area contributed by atoms with Crippen LogP contribution in [0.5, 0.6) is 0 Å². The summed E-state index contributed by atoms with van der Waals surface area (Å²) in [5.41, 5.74) is 4.86. The van der Waals surface area contributed by atoms with Crippen LogP contribution in [-0.4, -0.2) is 176 Å². The number of nitrogens with zero attached hydrogens (tertiary/aromatic N) is 3. The third kappa shape index (κ3) is 15.3. The fraction of sp³-hybridized carbons (Fsp3) is 0.568. The molecular formula is C44H65N3O12. The third-order valence-corrected chi connectivity index (χ3v) is 9.51. The molecule has 0 spiro atoms. The number of carbonyl (C=O) groups excluding carboxylic acids is 1. The standard InChI is InChI=1S/C44H65N3O12/c1-45(2)38-9-5-36(6-10-38)44(42-14-13-40(46(3)4)35-41(42)43(50)59-44)37-7-11-39(12-8-37)47(15-19-51-23-27-55-31-33-57-29-25-53-21-17-48)16-20-52-24-28-56-32-34-58-30-26-54-22-18-49/h5-14,35,48-49H,15-34H2,1-4H3. The molecule has 4 rings (SSSR count). The van der Waals surface area contributed by atoms with Gasteiger partial charge < -0.3 is 67.5 Å². The molecule has 0 fully saturated rings. The number of ether oxygens (including phenoxy) is 9. The highest BCUT2D eigenvalue weighted by Crippen LogP contribution is 2.48. The molecule has 1 aliphatic rings. The van der Waals surface area contributed by atoms with Gasteiger partial charge >= 0.3 is 5.97 Å². The summed E-state index contributed by atoms with van der Waals surface area (Å²) in [4.78, 5) is 19.8. The van der Waals surface area contributed by atoms with E-state index in [1.165, 1.54) is 0 Å². The Hall–Kier alpha value is -3.87. The topological polar surface area (TPSA) is 150 Å². The van der Waals surface area contributed by atoms with Gasteiger partial charge in [-0.1, -0.05) is 30.3 Å². The average Bonchev–Trinajstić information content (AvgIpc) is 3.55. The SMILES string of the molecule is CN(C)c1ccc(C2(c3ccc(N(CCOCCOCCOCCOCCO)CCOCCOCCOCCOCCO)cc3)OC(=O)c3cc(N(C)C)ccc32)cc1. The van der Waals surface area contributed by atoms with Crippen molar-refractivity contribution < 1.29 is 57.6 Å². The number of hydrogen-bond acceptors (Lipinski definition) is 15. The first-order chi connectivity index (χ1) is 28.8. The molecule has 3 aromatic carbocycles. The molecule has 328 valence electrons. The minimum Gasteiger partial charge on any atom is -0.441 e. The monoisotopic (exact) mass is 827 g/mol. The van der Waals surface area contributed by atoms with E-state index >= 15 is 0 Å². The molecule has 1 atom stereocenters. The summed E-state index contributed by atoms with van der Waals surface area (Å²) in [5, 5.41) is 17.5. The van der Waals surface area contributed by atoms with Crippen LogP contribution in [0.3, 0.4) is 0 Å². The van der Waals surface area contributed by atoms with Crippen LogP contribution < -0.4 is 14.7 Å². The summed E-state index contributed by atoms with van der Waals surface area (Å²) in [7, 11) is 7.90. The van der Waals surface area contributed by atoms with Gasteiger partial charge in [0.15, 0.2) is 5.60 Å². The van der Waals surface area contributed by atoms with Crippen LogP contribution >= 0.6 is 0 Å². The summed E-state index contributed by atoms with van der Waals surface area (Å²) in [6.45, 7) is 8.13. The van der Waals surface area contributed by atoms with Crippen LogP contribution in [0.1, 0.15) is 27.0 Å². The van der Waals surface area contributed by atoms with E-state index in [-0.39, 0.29) is 19.2 Å². The van der Waals surface area contributed by atoms with Crippen molar-refractivity contribution in [1.29, 1.82) is 0 Å². The molecule has 3 aromatic rings. The van der Waals surface area contributed by atoms with Crippen LogP contribution in [0.2, 0.25) is 0 Å². The van der Waals surface area contributed by atoms with E-state index in [1.54, 1.807) is 0 Å². The Morgan fingerprint density at radius 2 is 0.831 bits per heavy atom. The van der Waals surface area contributed by atoms with Gasteiger partial charge in [-0.2, -0.15) is 0 Å². The Morgan fingerprint density at radius 3 is 1.22 bits per heavy atom. The van der Waals surface area contributed by atoms with Gasteiger partial charge in [0.05, 0.1) is 124 Å². The van der Waals surface area contributed by atoms with Gasteiger partial charge in [-0.25, -0.2) is 4.79 Å². The number of hydrogen-bond donors (Lipinski definition) is 2. The van der Waals surface area contributed by atoms with E-state index < -0.39 is 5.60 Å². The summed E-state index contributed by atoms with van der Waals surface area (Å²) in [5.74, 6) is -0.360. The van der Waals surface area contributed by atoms with Crippen molar-refractivity contribution >= 4 is 23.0 Å². The first kappa shape index (κ1) is 47.8. The predicted octanol–water partition coefficient (Wildman–Crippen LogP) is 3.20. The molecular weight excluding hydrogens is 762 g/mol. The molecule has 15 heteroatoms. The van der Waals surface area contributed by atoms with Crippen molar-refractivity contribution in [2.45, 2.75) is 5.60 Å². The highest BCUT2D eigenvalue weighted by molar-refractivity contribution is 5.97. The summed E-state index contributed by atoms with van der Waals surface area (Å²) >= 11 is 0. The quantitative estimate of drug-likeness (QED) is 0.0683. The van der Waals surface area contributed by atoms with Crippen LogP contribution in [0.25, 0.3) is 0 Å². The number of rotatable bonds is 33. The second-order valence-corrected chi connectivity index (χ2v) is 14.0. The van der Waals surface area contributed by atoms with Crippen LogP contribution in [0, 0.1) is 0 Å². The largest absolute Gasteiger partial charge is 0.441 e. The van der Waals surface area contributed by atoms with E-state index in [4.69, 9.17) is 52.8 Å². The molecule has 0 saturated carbocycles. The highest BCUT2D eigenvalue weighted by Gasteiger charge is 2.48.